The lowest BCUT2D eigenvalue weighted by molar-refractivity contribution is 0.396. The minimum absolute atomic E-state index is 0.916. The molecule has 1 aromatic carbocycles. The molecule has 0 radical (unpaired) electrons. The lowest BCUT2D eigenvalue weighted by atomic mass is 9.92. The van der Waals surface area contributed by atoms with Crippen molar-refractivity contribution in [3.05, 3.63) is 53.4 Å². The van der Waals surface area contributed by atoms with Crippen molar-refractivity contribution in [1.29, 1.82) is 0 Å². The molecule has 2 aliphatic rings. The van der Waals surface area contributed by atoms with Crippen molar-refractivity contribution in [3.8, 4) is 11.3 Å². The van der Waals surface area contributed by atoms with Crippen LogP contribution < -0.4 is 0 Å². The van der Waals surface area contributed by atoms with Crippen LogP contribution in [0.1, 0.15) is 24.1 Å². The molecule has 0 amide bonds. The monoisotopic (exact) mass is 278 g/mol. The number of fused-ring (bicyclic) bond motifs is 4. The lowest BCUT2D eigenvalue weighted by Crippen LogP contribution is -2.22. The zero-order valence-corrected chi connectivity index (χ0v) is 12.4. The van der Waals surface area contributed by atoms with Crippen molar-refractivity contribution in [3.63, 3.8) is 0 Å². The molecule has 0 N–H and O–H groups in total. The van der Waals surface area contributed by atoms with Gasteiger partial charge in [0.05, 0.1) is 5.69 Å². The van der Waals surface area contributed by atoms with Crippen molar-refractivity contribution >= 4 is 5.57 Å². The highest BCUT2D eigenvalue weighted by molar-refractivity contribution is 5.85. The Hall–Kier alpha value is -2.36. The molecule has 0 saturated heterocycles. The minimum Gasteiger partial charge on any atom is -0.373 e. The highest BCUT2D eigenvalue weighted by Crippen LogP contribution is 2.38. The largest absolute Gasteiger partial charge is 0.373 e. The fourth-order valence-electron chi connectivity index (χ4n) is 3.34. The van der Waals surface area contributed by atoms with Gasteiger partial charge in [0.2, 0.25) is 0 Å². The van der Waals surface area contributed by atoms with Gasteiger partial charge in [0.25, 0.3) is 0 Å². The summed E-state index contributed by atoms with van der Waals surface area (Å²) in [4.78, 5) is 2.37. The van der Waals surface area contributed by atoms with Gasteiger partial charge in [0.15, 0.2) is 0 Å². The first-order chi connectivity index (χ1) is 10.3. The molecule has 0 fully saturated rings. The quantitative estimate of drug-likeness (QED) is 0.743. The van der Waals surface area contributed by atoms with Crippen LogP contribution in [0.15, 0.2) is 42.1 Å². The molecule has 21 heavy (non-hydrogen) atoms. The number of aryl methyl sites for hydroxylation is 1. The third-order valence-corrected chi connectivity index (χ3v) is 4.37. The van der Waals surface area contributed by atoms with Crippen LogP contribution in [0.3, 0.4) is 0 Å². The average molecular weight is 278 g/mol. The SMILES string of the molecule is CN1Cc2ccccc2-c2nnn(C)c2C2=C1CCC=C2. The Morgan fingerprint density at radius 1 is 1.14 bits per heavy atom. The molecule has 0 spiro atoms. The van der Waals surface area contributed by atoms with Crippen LogP contribution in [-0.4, -0.2) is 26.9 Å². The minimum atomic E-state index is 0.916. The van der Waals surface area contributed by atoms with E-state index in [1.54, 1.807) is 0 Å². The van der Waals surface area contributed by atoms with Crippen LogP contribution in [0, 0.1) is 0 Å². The number of hydrogen-bond donors (Lipinski definition) is 0. The number of aromatic nitrogens is 3. The zero-order chi connectivity index (χ0) is 14.4. The molecule has 106 valence electrons. The molecular weight excluding hydrogens is 260 g/mol. The van der Waals surface area contributed by atoms with E-state index in [0.717, 1.165) is 30.8 Å². The van der Waals surface area contributed by atoms with Crippen LogP contribution in [0.25, 0.3) is 16.8 Å². The predicted octanol–water partition coefficient (Wildman–Crippen LogP) is 2.99. The second-order valence-electron chi connectivity index (χ2n) is 5.72. The Kier molecular flexibility index (Phi) is 2.70. The number of benzene rings is 1. The fraction of sp³-hybridized carbons (Fsp3) is 0.294. The van der Waals surface area contributed by atoms with E-state index in [1.807, 2.05) is 11.7 Å². The predicted molar refractivity (Wildman–Crippen MR) is 83.2 cm³/mol. The third kappa shape index (κ3) is 1.82. The first-order valence-corrected chi connectivity index (χ1v) is 7.35. The number of nitrogens with zero attached hydrogens (tertiary/aromatic N) is 4. The molecule has 0 bridgehead atoms. The standard InChI is InChI=1S/C17H18N4/c1-20-11-12-7-3-4-8-13(12)16-17(21(2)19-18-16)14-9-5-6-10-15(14)20/h3-5,7-9H,6,10-11H2,1-2H3. The van der Waals surface area contributed by atoms with E-state index in [1.165, 1.54) is 22.4 Å². The summed E-state index contributed by atoms with van der Waals surface area (Å²) in [5.74, 6) is 0. The maximum Gasteiger partial charge on any atom is 0.121 e. The van der Waals surface area contributed by atoms with E-state index in [2.05, 4.69) is 58.7 Å². The molecule has 4 heteroatoms. The zero-order valence-electron chi connectivity index (χ0n) is 12.4. The molecule has 1 aliphatic carbocycles. The van der Waals surface area contributed by atoms with Gasteiger partial charge in [0.1, 0.15) is 5.69 Å². The molecule has 2 aromatic rings. The van der Waals surface area contributed by atoms with E-state index < -0.39 is 0 Å². The highest BCUT2D eigenvalue weighted by atomic mass is 15.4. The van der Waals surface area contributed by atoms with Gasteiger partial charge in [-0.2, -0.15) is 0 Å². The number of rotatable bonds is 0. The summed E-state index contributed by atoms with van der Waals surface area (Å²) in [6.07, 6.45) is 6.66. The highest BCUT2D eigenvalue weighted by Gasteiger charge is 2.26. The fourth-order valence-corrected chi connectivity index (χ4v) is 3.34. The summed E-state index contributed by atoms with van der Waals surface area (Å²) < 4.78 is 1.90. The Morgan fingerprint density at radius 3 is 2.90 bits per heavy atom. The second-order valence-corrected chi connectivity index (χ2v) is 5.72. The summed E-state index contributed by atoms with van der Waals surface area (Å²) in [5, 5.41) is 8.72. The molecule has 0 atom stereocenters. The van der Waals surface area contributed by atoms with E-state index in [4.69, 9.17) is 0 Å². The Balaban J connectivity index is 2.06. The summed E-state index contributed by atoms with van der Waals surface area (Å²) in [5.41, 5.74) is 7.28. The summed E-state index contributed by atoms with van der Waals surface area (Å²) in [7, 11) is 4.16. The van der Waals surface area contributed by atoms with Gasteiger partial charge in [-0.1, -0.05) is 41.6 Å². The van der Waals surface area contributed by atoms with Crippen molar-refractivity contribution in [2.75, 3.05) is 7.05 Å². The van der Waals surface area contributed by atoms with Crippen LogP contribution in [-0.2, 0) is 13.6 Å². The lowest BCUT2D eigenvalue weighted by Gasteiger charge is -2.30. The Morgan fingerprint density at radius 2 is 2.00 bits per heavy atom. The first-order valence-electron chi connectivity index (χ1n) is 7.35. The Bertz CT molecular complexity index is 767. The van der Waals surface area contributed by atoms with Gasteiger partial charge in [-0.25, -0.2) is 4.68 Å². The normalized spacial score (nSPS) is 17.0. The van der Waals surface area contributed by atoms with Gasteiger partial charge >= 0.3 is 0 Å². The topological polar surface area (TPSA) is 34.0 Å². The number of hydrogen-bond acceptors (Lipinski definition) is 3. The van der Waals surface area contributed by atoms with Gasteiger partial charge < -0.3 is 4.90 Å². The number of allylic oxidation sites excluding steroid dienone is 4. The molecule has 1 aliphatic heterocycles. The summed E-state index contributed by atoms with van der Waals surface area (Å²) in [6, 6.07) is 8.51. The maximum atomic E-state index is 4.44. The van der Waals surface area contributed by atoms with Gasteiger partial charge in [-0.05, 0) is 18.4 Å². The summed E-state index contributed by atoms with van der Waals surface area (Å²) >= 11 is 0. The molecule has 0 unspecified atom stereocenters. The summed E-state index contributed by atoms with van der Waals surface area (Å²) in [6.45, 7) is 0.916. The van der Waals surface area contributed by atoms with Crippen molar-refractivity contribution < 1.29 is 0 Å². The second kappa shape index (κ2) is 4.58. The van der Waals surface area contributed by atoms with Crippen molar-refractivity contribution in [1.82, 2.24) is 19.9 Å². The van der Waals surface area contributed by atoms with Crippen molar-refractivity contribution in [2.45, 2.75) is 19.4 Å². The van der Waals surface area contributed by atoms with Gasteiger partial charge in [-0.3, -0.25) is 0 Å². The molecule has 4 rings (SSSR count). The third-order valence-electron chi connectivity index (χ3n) is 4.37. The molecule has 0 saturated carbocycles. The van der Waals surface area contributed by atoms with E-state index in [0.29, 0.717) is 0 Å². The first kappa shape index (κ1) is 12.4. The Labute approximate surface area is 124 Å². The molecule has 4 nitrogen and oxygen atoms in total. The van der Waals surface area contributed by atoms with Gasteiger partial charge in [0, 0.05) is 37.5 Å². The van der Waals surface area contributed by atoms with Crippen molar-refractivity contribution in [2.24, 2.45) is 7.05 Å². The van der Waals surface area contributed by atoms with Crippen LogP contribution in [0.5, 0.6) is 0 Å². The molecule has 2 heterocycles. The van der Waals surface area contributed by atoms with E-state index in [-0.39, 0.29) is 0 Å². The average Bonchev–Trinajstić information content (AvgIpc) is 2.87. The van der Waals surface area contributed by atoms with Crippen LogP contribution >= 0.6 is 0 Å². The van der Waals surface area contributed by atoms with Gasteiger partial charge in [-0.15, -0.1) is 5.10 Å². The molecular formula is C17H18N4. The maximum absolute atomic E-state index is 4.44. The van der Waals surface area contributed by atoms with E-state index >= 15 is 0 Å². The van der Waals surface area contributed by atoms with E-state index in [9.17, 15) is 0 Å². The van der Waals surface area contributed by atoms with Crippen LogP contribution in [0.2, 0.25) is 0 Å². The van der Waals surface area contributed by atoms with Crippen LogP contribution in [0.4, 0.5) is 0 Å². The smallest absolute Gasteiger partial charge is 0.121 e. The molecule has 1 aromatic heterocycles.